The summed E-state index contributed by atoms with van der Waals surface area (Å²) in [5, 5.41) is 19.8. The van der Waals surface area contributed by atoms with Gasteiger partial charge in [0.25, 0.3) is 0 Å². The molecule has 3 aromatic carbocycles. The number of pyridine rings is 1. The van der Waals surface area contributed by atoms with Gasteiger partial charge >= 0.3 is 6.03 Å². The van der Waals surface area contributed by atoms with Crippen LogP contribution in [0, 0.1) is 5.82 Å². The van der Waals surface area contributed by atoms with Gasteiger partial charge in [-0.1, -0.05) is 11.6 Å². The minimum Gasteiger partial charge on any atom is -0.508 e. The van der Waals surface area contributed by atoms with Crippen LogP contribution in [0.4, 0.5) is 26.2 Å². The Balaban J connectivity index is 1.56. The molecule has 0 fully saturated rings. The van der Waals surface area contributed by atoms with Gasteiger partial charge in [0.2, 0.25) is 0 Å². The molecule has 0 aliphatic heterocycles. The SMILES string of the molecule is COc1cc2nccc(Nc3ccc(F)c(Cl)c3)c2cc1NC(=O)N/N=C/c1ccc(O)cc1. The molecule has 0 radical (unpaired) electrons. The first-order valence-electron chi connectivity index (χ1n) is 10.0. The highest BCUT2D eigenvalue weighted by Crippen LogP contribution is 2.34. The predicted octanol–water partition coefficient (Wildman–Crippen LogP) is 5.64. The normalized spacial score (nSPS) is 10.9. The van der Waals surface area contributed by atoms with E-state index in [-0.39, 0.29) is 10.8 Å². The van der Waals surface area contributed by atoms with E-state index in [1.54, 1.807) is 42.6 Å². The molecule has 0 unspecified atom stereocenters. The Hall–Kier alpha value is -4.37. The van der Waals surface area contributed by atoms with Gasteiger partial charge in [-0.2, -0.15) is 5.10 Å². The minimum atomic E-state index is -0.587. The summed E-state index contributed by atoms with van der Waals surface area (Å²) in [6, 6.07) is 15.2. The molecule has 0 atom stereocenters. The number of phenols is 1. The number of amides is 2. The third kappa shape index (κ3) is 5.33. The van der Waals surface area contributed by atoms with Crippen molar-refractivity contribution in [1.29, 1.82) is 0 Å². The summed E-state index contributed by atoms with van der Waals surface area (Å²) in [6.07, 6.45) is 3.06. The topological polar surface area (TPSA) is 108 Å². The van der Waals surface area contributed by atoms with Crippen molar-refractivity contribution in [2.45, 2.75) is 0 Å². The Bertz CT molecular complexity index is 1380. The first-order chi connectivity index (χ1) is 16.4. The van der Waals surface area contributed by atoms with Gasteiger partial charge in [-0.05, 0) is 60.2 Å². The van der Waals surface area contributed by atoms with Gasteiger partial charge in [0.05, 0.1) is 29.6 Å². The number of nitrogens with zero attached hydrogens (tertiary/aromatic N) is 2. The van der Waals surface area contributed by atoms with Crippen LogP contribution >= 0.6 is 11.6 Å². The van der Waals surface area contributed by atoms with Crippen LogP contribution in [0.2, 0.25) is 5.02 Å². The maximum absolute atomic E-state index is 13.5. The fourth-order valence-electron chi connectivity index (χ4n) is 3.15. The second kappa shape index (κ2) is 10.1. The molecule has 1 heterocycles. The van der Waals surface area contributed by atoms with Crippen LogP contribution in [0.5, 0.6) is 11.5 Å². The van der Waals surface area contributed by atoms with Gasteiger partial charge in [-0.15, -0.1) is 0 Å². The van der Waals surface area contributed by atoms with E-state index >= 15 is 0 Å². The number of carbonyl (C=O) groups is 1. The zero-order valence-corrected chi connectivity index (χ0v) is 18.6. The molecule has 0 bridgehead atoms. The molecule has 0 aliphatic carbocycles. The third-order valence-electron chi connectivity index (χ3n) is 4.78. The van der Waals surface area contributed by atoms with E-state index in [9.17, 15) is 14.3 Å². The molecule has 4 aromatic rings. The molecule has 4 N–H and O–H groups in total. The quantitative estimate of drug-likeness (QED) is 0.211. The molecule has 1 aromatic heterocycles. The Labute approximate surface area is 199 Å². The van der Waals surface area contributed by atoms with E-state index in [1.807, 2.05) is 0 Å². The highest BCUT2D eigenvalue weighted by molar-refractivity contribution is 6.31. The van der Waals surface area contributed by atoms with Gasteiger partial charge in [-0.25, -0.2) is 14.6 Å². The molecule has 10 heteroatoms. The molecule has 0 spiro atoms. The number of carbonyl (C=O) groups excluding carboxylic acids is 1. The molecule has 4 rings (SSSR count). The number of methoxy groups -OCH3 is 1. The predicted molar refractivity (Wildman–Crippen MR) is 131 cm³/mol. The number of anilines is 3. The van der Waals surface area contributed by atoms with Crippen LogP contribution in [0.1, 0.15) is 5.56 Å². The maximum Gasteiger partial charge on any atom is 0.339 e. The van der Waals surface area contributed by atoms with Crippen LogP contribution in [-0.4, -0.2) is 29.4 Å². The van der Waals surface area contributed by atoms with Crippen molar-refractivity contribution in [3.05, 3.63) is 83.3 Å². The minimum absolute atomic E-state index is 0.00286. The summed E-state index contributed by atoms with van der Waals surface area (Å²) in [7, 11) is 1.48. The fraction of sp³-hybridized carbons (Fsp3) is 0.0417. The van der Waals surface area contributed by atoms with Crippen molar-refractivity contribution in [1.82, 2.24) is 10.4 Å². The highest BCUT2D eigenvalue weighted by atomic mass is 35.5. The van der Waals surface area contributed by atoms with Gasteiger partial charge in [0, 0.05) is 29.0 Å². The second-order valence-corrected chi connectivity index (χ2v) is 7.50. The largest absolute Gasteiger partial charge is 0.508 e. The summed E-state index contributed by atoms with van der Waals surface area (Å²) < 4.78 is 18.9. The second-order valence-electron chi connectivity index (χ2n) is 7.10. The van der Waals surface area contributed by atoms with Crippen molar-refractivity contribution in [2.24, 2.45) is 5.10 Å². The molecule has 172 valence electrons. The van der Waals surface area contributed by atoms with Crippen molar-refractivity contribution in [3.8, 4) is 11.5 Å². The van der Waals surface area contributed by atoms with Gasteiger partial charge in [-0.3, -0.25) is 4.98 Å². The van der Waals surface area contributed by atoms with Crippen molar-refractivity contribution < 1.29 is 19.0 Å². The number of aromatic hydroxyl groups is 1. The van der Waals surface area contributed by atoms with E-state index in [1.165, 1.54) is 37.6 Å². The fourth-order valence-corrected chi connectivity index (χ4v) is 3.34. The Kier molecular flexibility index (Phi) is 6.74. The van der Waals surface area contributed by atoms with Crippen LogP contribution in [0.15, 0.2) is 72.0 Å². The molecule has 8 nitrogen and oxygen atoms in total. The summed E-state index contributed by atoms with van der Waals surface area (Å²) >= 11 is 5.89. The lowest BCUT2D eigenvalue weighted by Crippen LogP contribution is -2.24. The number of phenolic OH excluding ortho intramolecular Hbond substituents is 1. The number of ether oxygens (including phenoxy) is 1. The number of hydrogen-bond acceptors (Lipinski definition) is 6. The lowest BCUT2D eigenvalue weighted by molar-refractivity contribution is 0.252. The average Bonchev–Trinajstić information content (AvgIpc) is 2.82. The molecular weight excluding hydrogens is 461 g/mol. The maximum atomic E-state index is 13.5. The monoisotopic (exact) mass is 479 g/mol. The number of urea groups is 1. The number of aromatic nitrogens is 1. The Morgan fingerprint density at radius 2 is 1.91 bits per heavy atom. The number of benzene rings is 3. The smallest absolute Gasteiger partial charge is 0.339 e. The van der Waals surface area contributed by atoms with Crippen LogP contribution in [0.25, 0.3) is 10.9 Å². The number of nitrogens with one attached hydrogen (secondary N) is 3. The lowest BCUT2D eigenvalue weighted by atomic mass is 10.1. The van der Waals surface area contributed by atoms with Crippen LogP contribution in [0.3, 0.4) is 0 Å². The Morgan fingerprint density at radius 3 is 2.65 bits per heavy atom. The third-order valence-corrected chi connectivity index (χ3v) is 5.07. The van der Waals surface area contributed by atoms with Crippen molar-refractivity contribution in [3.63, 3.8) is 0 Å². The first-order valence-corrected chi connectivity index (χ1v) is 10.4. The number of rotatable bonds is 6. The molecule has 0 saturated carbocycles. The molecule has 34 heavy (non-hydrogen) atoms. The van der Waals surface area contributed by atoms with E-state index < -0.39 is 11.8 Å². The zero-order chi connectivity index (χ0) is 24.1. The number of fused-ring (bicyclic) bond motifs is 1. The summed E-state index contributed by atoms with van der Waals surface area (Å²) in [6.45, 7) is 0. The van der Waals surface area contributed by atoms with Crippen molar-refractivity contribution in [2.75, 3.05) is 17.7 Å². The van der Waals surface area contributed by atoms with E-state index in [0.29, 0.717) is 39.3 Å². The van der Waals surface area contributed by atoms with Crippen LogP contribution in [-0.2, 0) is 0 Å². The van der Waals surface area contributed by atoms with Crippen LogP contribution < -0.4 is 20.8 Å². The lowest BCUT2D eigenvalue weighted by Gasteiger charge is -2.14. The summed E-state index contributed by atoms with van der Waals surface area (Å²) in [4.78, 5) is 16.8. The molecule has 0 saturated heterocycles. The van der Waals surface area contributed by atoms with E-state index in [4.69, 9.17) is 16.3 Å². The van der Waals surface area contributed by atoms with E-state index in [2.05, 4.69) is 26.1 Å². The van der Waals surface area contributed by atoms with Gasteiger partial charge in [0.1, 0.15) is 17.3 Å². The van der Waals surface area contributed by atoms with Gasteiger partial charge < -0.3 is 20.5 Å². The number of hydrazone groups is 1. The average molecular weight is 480 g/mol. The summed E-state index contributed by atoms with van der Waals surface area (Å²) in [5.74, 6) is 0.0267. The molecule has 0 aliphatic rings. The zero-order valence-electron chi connectivity index (χ0n) is 17.8. The number of halogens is 2. The Morgan fingerprint density at radius 1 is 1.12 bits per heavy atom. The van der Waals surface area contributed by atoms with E-state index in [0.717, 1.165) is 0 Å². The summed E-state index contributed by atoms with van der Waals surface area (Å²) in [5.41, 5.74) is 5.34. The first kappa shape index (κ1) is 22.8. The van der Waals surface area contributed by atoms with Gasteiger partial charge in [0.15, 0.2) is 0 Å². The highest BCUT2D eigenvalue weighted by Gasteiger charge is 2.12. The molecule has 2 amide bonds. The molecular formula is C24H19ClFN5O3. The van der Waals surface area contributed by atoms with Crippen molar-refractivity contribution >= 4 is 51.8 Å². The number of hydrogen-bond donors (Lipinski definition) is 4. The standard InChI is InChI=1S/C24H19ClFN5O3/c1-34-23-12-21-17(20(8-9-27-21)29-15-4-7-19(26)18(25)10-15)11-22(23)30-24(33)31-28-13-14-2-5-16(32)6-3-14/h2-13,32H,1H3,(H,27,29)(H2,30,31,33)/b28-13+.